The topological polar surface area (TPSA) is 85.8 Å². The van der Waals surface area contributed by atoms with Gasteiger partial charge in [0.2, 0.25) is 11.1 Å². The molecule has 1 rings (SSSR count). The van der Waals surface area contributed by atoms with Crippen LogP contribution in [0.3, 0.4) is 0 Å². The van der Waals surface area contributed by atoms with Gasteiger partial charge in [0, 0.05) is 12.0 Å². The number of carbonyl (C=O) groups is 1. The van der Waals surface area contributed by atoms with E-state index in [0.717, 1.165) is 0 Å². The van der Waals surface area contributed by atoms with Gasteiger partial charge in [0.15, 0.2) is 5.82 Å². The van der Waals surface area contributed by atoms with Crippen LogP contribution in [0.25, 0.3) is 0 Å². The summed E-state index contributed by atoms with van der Waals surface area (Å²) in [5, 5.41) is 11.5. The van der Waals surface area contributed by atoms with Crippen LogP contribution in [0.1, 0.15) is 40.4 Å². The molecule has 0 spiro atoms. The fourth-order valence-corrected chi connectivity index (χ4v) is 2.07. The highest BCUT2D eigenvalue weighted by Gasteiger charge is 2.23. The number of nitrogens with zero attached hydrogens (tertiary/aromatic N) is 3. The number of nitrogens with two attached hydrogens (primary N) is 1. The number of nitrogen functional groups attached to an aromatic ring is 1. The maximum Gasteiger partial charge on any atom is 0.230 e. The van der Waals surface area contributed by atoms with Crippen LogP contribution in [-0.2, 0) is 10.2 Å². The first-order valence-electron chi connectivity index (χ1n) is 6.32. The fourth-order valence-electron chi connectivity index (χ4n) is 1.39. The summed E-state index contributed by atoms with van der Waals surface area (Å²) >= 11 is 1.30. The van der Waals surface area contributed by atoms with Crippen LogP contribution in [0.4, 0.5) is 0 Å². The normalized spacial score (nSPS) is 11.9. The molecule has 0 saturated carbocycles. The van der Waals surface area contributed by atoms with E-state index < -0.39 is 0 Å². The van der Waals surface area contributed by atoms with Crippen LogP contribution in [-0.4, -0.2) is 33.1 Å². The van der Waals surface area contributed by atoms with Crippen molar-refractivity contribution in [2.45, 2.75) is 45.2 Å². The Labute approximate surface area is 118 Å². The third-order valence-electron chi connectivity index (χ3n) is 2.38. The lowest BCUT2D eigenvalue weighted by molar-refractivity contribution is -0.118. The van der Waals surface area contributed by atoms with Gasteiger partial charge in [0.05, 0.1) is 5.75 Å². The number of nitrogens with one attached hydrogen (secondary N) is 1. The van der Waals surface area contributed by atoms with Crippen molar-refractivity contribution in [3.63, 3.8) is 0 Å². The summed E-state index contributed by atoms with van der Waals surface area (Å²) in [5.41, 5.74) is -0.166. The van der Waals surface area contributed by atoms with E-state index in [9.17, 15) is 4.79 Å². The van der Waals surface area contributed by atoms with E-state index in [1.54, 1.807) is 0 Å². The molecule has 108 valence electrons. The van der Waals surface area contributed by atoms with Crippen molar-refractivity contribution in [1.82, 2.24) is 20.2 Å². The molecule has 19 heavy (non-hydrogen) atoms. The number of amides is 1. The molecule has 1 amide bonds. The van der Waals surface area contributed by atoms with Crippen molar-refractivity contribution in [3.05, 3.63) is 5.82 Å². The Hall–Kier alpha value is -1.24. The minimum absolute atomic E-state index is 0.0148. The summed E-state index contributed by atoms with van der Waals surface area (Å²) in [7, 11) is 0. The predicted octanol–water partition coefficient (Wildman–Crippen LogP) is 1.15. The molecule has 0 saturated heterocycles. The van der Waals surface area contributed by atoms with Gasteiger partial charge in [-0.25, -0.2) is 4.68 Å². The van der Waals surface area contributed by atoms with Crippen LogP contribution < -0.4 is 11.2 Å². The maximum absolute atomic E-state index is 11.6. The predicted molar refractivity (Wildman–Crippen MR) is 77.4 cm³/mol. The summed E-state index contributed by atoms with van der Waals surface area (Å²) in [5.74, 6) is 7.37. The Morgan fingerprint density at radius 3 is 2.53 bits per heavy atom. The minimum atomic E-state index is -0.166. The third kappa shape index (κ3) is 4.74. The first kappa shape index (κ1) is 15.8. The number of aromatic nitrogens is 3. The molecule has 0 bridgehead atoms. The summed E-state index contributed by atoms with van der Waals surface area (Å²) < 4.78 is 1.46. The zero-order valence-corrected chi connectivity index (χ0v) is 13.0. The SMILES string of the molecule is CC(C)CNC(=O)CSc1nnc(C(C)(C)C)n1N. The Morgan fingerprint density at radius 1 is 1.42 bits per heavy atom. The number of hydrogen-bond acceptors (Lipinski definition) is 5. The lowest BCUT2D eigenvalue weighted by Gasteiger charge is -2.16. The number of rotatable bonds is 5. The van der Waals surface area contributed by atoms with Crippen LogP contribution in [0.5, 0.6) is 0 Å². The second kappa shape index (κ2) is 6.27. The van der Waals surface area contributed by atoms with E-state index >= 15 is 0 Å². The standard InChI is InChI=1S/C12H23N5OS/c1-8(2)6-14-9(18)7-19-11-16-15-10(17(11)13)12(3,4)5/h8H,6-7,13H2,1-5H3,(H,14,18). The average Bonchev–Trinajstić information content (AvgIpc) is 2.64. The van der Waals surface area contributed by atoms with E-state index in [2.05, 4.69) is 29.4 Å². The maximum atomic E-state index is 11.6. The Morgan fingerprint density at radius 2 is 2.05 bits per heavy atom. The van der Waals surface area contributed by atoms with Crippen molar-refractivity contribution in [2.75, 3.05) is 18.1 Å². The monoisotopic (exact) mass is 285 g/mol. The van der Waals surface area contributed by atoms with E-state index in [0.29, 0.717) is 29.2 Å². The number of hydrogen-bond donors (Lipinski definition) is 2. The summed E-state index contributed by atoms with van der Waals surface area (Å²) in [6.07, 6.45) is 0. The molecule has 0 aliphatic carbocycles. The van der Waals surface area contributed by atoms with Crippen molar-refractivity contribution in [2.24, 2.45) is 5.92 Å². The van der Waals surface area contributed by atoms with Crippen LogP contribution in [0.2, 0.25) is 0 Å². The number of carbonyl (C=O) groups excluding carboxylic acids is 1. The van der Waals surface area contributed by atoms with Gasteiger partial charge in [0.1, 0.15) is 0 Å². The van der Waals surface area contributed by atoms with Crippen molar-refractivity contribution in [1.29, 1.82) is 0 Å². The third-order valence-corrected chi connectivity index (χ3v) is 3.32. The quantitative estimate of drug-likeness (QED) is 0.626. The Kier molecular flexibility index (Phi) is 5.22. The fraction of sp³-hybridized carbons (Fsp3) is 0.750. The smallest absolute Gasteiger partial charge is 0.230 e. The summed E-state index contributed by atoms with van der Waals surface area (Å²) in [6, 6.07) is 0. The lowest BCUT2D eigenvalue weighted by atomic mass is 9.96. The molecule has 0 aliphatic heterocycles. The largest absolute Gasteiger partial charge is 0.355 e. The highest BCUT2D eigenvalue weighted by atomic mass is 32.2. The molecule has 6 nitrogen and oxygen atoms in total. The molecule has 0 aromatic carbocycles. The van der Waals surface area contributed by atoms with E-state index in [-0.39, 0.29) is 11.3 Å². The van der Waals surface area contributed by atoms with Gasteiger partial charge >= 0.3 is 0 Å². The average molecular weight is 285 g/mol. The van der Waals surface area contributed by atoms with Crippen molar-refractivity contribution < 1.29 is 4.79 Å². The van der Waals surface area contributed by atoms with Gasteiger partial charge in [-0.1, -0.05) is 46.4 Å². The van der Waals surface area contributed by atoms with Crippen LogP contribution in [0, 0.1) is 5.92 Å². The van der Waals surface area contributed by atoms with Gasteiger partial charge in [-0.2, -0.15) is 0 Å². The van der Waals surface area contributed by atoms with Gasteiger partial charge < -0.3 is 11.2 Å². The summed E-state index contributed by atoms with van der Waals surface area (Å²) in [4.78, 5) is 11.6. The second-order valence-corrected chi connectivity index (χ2v) is 6.86. The Balaban J connectivity index is 2.55. The molecule has 1 aromatic heterocycles. The lowest BCUT2D eigenvalue weighted by Crippen LogP contribution is -2.29. The molecular weight excluding hydrogens is 262 g/mol. The molecule has 3 N–H and O–H groups in total. The molecule has 1 heterocycles. The summed E-state index contributed by atoms with van der Waals surface area (Å²) in [6.45, 7) is 10.8. The molecular formula is C12H23N5OS. The van der Waals surface area contributed by atoms with E-state index in [1.807, 2.05) is 20.8 Å². The van der Waals surface area contributed by atoms with Gasteiger partial charge in [-0.3, -0.25) is 4.79 Å². The first-order valence-corrected chi connectivity index (χ1v) is 7.31. The molecule has 0 aliphatic rings. The Bertz CT molecular complexity index is 436. The van der Waals surface area contributed by atoms with E-state index in [1.165, 1.54) is 16.4 Å². The molecule has 7 heteroatoms. The van der Waals surface area contributed by atoms with Crippen LogP contribution in [0.15, 0.2) is 5.16 Å². The molecule has 1 aromatic rings. The van der Waals surface area contributed by atoms with Crippen molar-refractivity contribution >= 4 is 17.7 Å². The first-order chi connectivity index (χ1) is 8.71. The molecule has 0 atom stereocenters. The van der Waals surface area contributed by atoms with E-state index in [4.69, 9.17) is 5.84 Å². The molecule has 0 radical (unpaired) electrons. The molecule has 0 fully saturated rings. The van der Waals surface area contributed by atoms with Gasteiger partial charge in [-0.05, 0) is 5.92 Å². The zero-order valence-electron chi connectivity index (χ0n) is 12.2. The zero-order chi connectivity index (χ0) is 14.6. The van der Waals surface area contributed by atoms with Crippen molar-refractivity contribution in [3.8, 4) is 0 Å². The van der Waals surface area contributed by atoms with Crippen LogP contribution >= 0.6 is 11.8 Å². The molecule has 0 unspecified atom stereocenters. The highest BCUT2D eigenvalue weighted by Crippen LogP contribution is 2.22. The highest BCUT2D eigenvalue weighted by molar-refractivity contribution is 7.99. The number of thioether (sulfide) groups is 1. The second-order valence-electron chi connectivity index (χ2n) is 5.91. The van der Waals surface area contributed by atoms with Gasteiger partial charge in [0.25, 0.3) is 0 Å². The van der Waals surface area contributed by atoms with Gasteiger partial charge in [-0.15, -0.1) is 10.2 Å². The minimum Gasteiger partial charge on any atom is -0.355 e.